The second-order valence-corrected chi connectivity index (χ2v) is 17.1. The number of hydrogen-bond donors (Lipinski definition) is 2. The van der Waals surface area contributed by atoms with Crippen LogP contribution in [0.1, 0.15) is 219 Å². The fraction of sp³-hybridized carbons (Fsp3) is 0.851. The number of carbonyl (C=O) groups excluding carboxylic acids is 1. The Balaban J connectivity index is 3.94. The third kappa shape index (κ3) is 43.8. The lowest BCUT2D eigenvalue weighted by atomic mass is 10.0. The van der Waals surface area contributed by atoms with Crippen molar-refractivity contribution in [2.45, 2.75) is 225 Å². The van der Waals surface area contributed by atoms with Crippen LogP contribution in [0, 0.1) is 0 Å². The molecule has 9 heteroatoms. The summed E-state index contributed by atoms with van der Waals surface area (Å²) >= 11 is 0. The van der Waals surface area contributed by atoms with Gasteiger partial charge in [0.05, 0.1) is 19.8 Å². The van der Waals surface area contributed by atoms with Crippen molar-refractivity contribution in [1.82, 2.24) is 0 Å². The van der Waals surface area contributed by atoms with E-state index in [1.54, 1.807) is 0 Å². The van der Waals surface area contributed by atoms with Gasteiger partial charge < -0.3 is 20.1 Å². The number of esters is 1. The number of phosphoric ester groups is 1. The van der Waals surface area contributed by atoms with Crippen molar-refractivity contribution >= 4 is 13.8 Å². The topological polar surface area (TPSA) is 117 Å². The Kier molecular flexibility index (Phi) is 43.8. The van der Waals surface area contributed by atoms with E-state index >= 15 is 0 Å². The van der Waals surface area contributed by atoms with Crippen LogP contribution in [0.25, 0.3) is 0 Å². The number of phosphoric acid groups is 1. The maximum atomic E-state index is 12.6. The van der Waals surface area contributed by atoms with E-state index in [0.717, 1.165) is 44.9 Å². The van der Waals surface area contributed by atoms with Crippen molar-refractivity contribution in [3.05, 3.63) is 36.5 Å². The summed E-state index contributed by atoms with van der Waals surface area (Å²) in [6, 6.07) is 0. The minimum Gasteiger partial charge on any atom is -0.457 e. The fourth-order valence-electron chi connectivity index (χ4n) is 6.59. The maximum absolute atomic E-state index is 12.6. The zero-order valence-electron chi connectivity index (χ0n) is 36.6. The third-order valence-electron chi connectivity index (χ3n) is 10.1. The first-order valence-electron chi connectivity index (χ1n) is 23.5. The quantitative estimate of drug-likeness (QED) is 0.0270. The van der Waals surface area contributed by atoms with Crippen LogP contribution in [-0.2, 0) is 27.9 Å². The maximum Gasteiger partial charge on any atom is 0.472 e. The summed E-state index contributed by atoms with van der Waals surface area (Å²) in [6.07, 6.45) is 51.7. The SMILES string of the molecule is CCCCCCC/C=C\C/C=C\C/C=C\CCCCCCCCCCCOCC(COP(=O)(O)OCCN)OC(=O)CCCCCCCCCCCCCCC. The van der Waals surface area contributed by atoms with E-state index in [9.17, 15) is 14.3 Å². The van der Waals surface area contributed by atoms with Crippen LogP contribution in [0.4, 0.5) is 0 Å². The van der Waals surface area contributed by atoms with Gasteiger partial charge in [0, 0.05) is 19.6 Å². The van der Waals surface area contributed by atoms with E-state index in [1.165, 1.54) is 154 Å². The predicted octanol–water partition coefficient (Wildman–Crippen LogP) is 14.2. The summed E-state index contributed by atoms with van der Waals surface area (Å²) < 4.78 is 33.5. The minimum atomic E-state index is -4.28. The molecular formula is C47H90NO7P. The molecule has 8 nitrogen and oxygen atoms in total. The predicted molar refractivity (Wildman–Crippen MR) is 238 cm³/mol. The van der Waals surface area contributed by atoms with Crippen molar-refractivity contribution in [2.24, 2.45) is 5.73 Å². The molecule has 2 unspecified atom stereocenters. The number of rotatable bonds is 45. The molecule has 0 aliphatic heterocycles. The second kappa shape index (κ2) is 44.8. The van der Waals surface area contributed by atoms with Crippen molar-refractivity contribution < 1.29 is 32.8 Å². The molecule has 0 saturated carbocycles. The summed E-state index contributed by atoms with van der Waals surface area (Å²) in [6.45, 7) is 4.92. The minimum absolute atomic E-state index is 0.0956. The van der Waals surface area contributed by atoms with Gasteiger partial charge in [-0.05, 0) is 51.4 Å². The van der Waals surface area contributed by atoms with Gasteiger partial charge in [-0.3, -0.25) is 13.8 Å². The molecule has 330 valence electrons. The summed E-state index contributed by atoms with van der Waals surface area (Å²) in [5, 5.41) is 0. The number of ether oxygens (including phenoxy) is 2. The lowest BCUT2D eigenvalue weighted by Gasteiger charge is -2.20. The average Bonchev–Trinajstić information content (AvgIpc) is 3.19. The molecule has 0 aliphatic carbocycles. The summed E-state index contributed by atoms with van der Waals surface area (Å²) in [5.41, 5.74) is 5.37. The van der Waals surface area contributed by atoms with Crippen LogP contribution < -0.4 is 5.73 Å². The number of nitrogens with two attached hydrogens (primary N) is 1. The van der Waals surface area contributed by atoms with Crippen LogP contribution >= 0.6 is 7.82 Å². The molecular weight excluding hydrogens is 721 g/mol. The van der Waals surface area contributed by atoms with E-state index < -0.39 is 13.9 Å². The smallest absolute Gasteiger partial charge is 0.457 e. The van der Waals surface area contributed by atoms with Gasteiger partial charge in [0.25, 0.3) is 0 Å². The zero-order chi connectivity index (χ0) is 40.9. The Morgan fingerprint density at radius 2 is 0.946 bits per heavy atom. The van der Waals surface area contributed by atoms with Gasteiger partial charge in [0.15, 0.2) is 0 Å². The molecule has 0 rings (SSSR count). The van der Waals surface area contributed by atoms with Crippen molar-refractivity contribution in [3.8, 4) is 0 Å². The summed E-state index contributed by atoms with van der Waals surface area (Å²) in [5.74, 6) is -0.331. The zero-order valence-corrected chi connectivity index (χ0v) is 37.5. The van der Waals surface area contributed by atoms with E-state index in [1.807, 2.05) is 0 Å². The van der Waals surface area contributed by atoms with Gasteiger partial charge in [-0.15, -0.1) is 0 Å². The highest BCUT2D eigenvalue weighted by Crippen LogP contribution is 2.43. The van der Waals surface area contributed by atoms with Gasteiger partial charge in [-0.2, -0.15) is 0 Å². The largest absolute Gasteiger partial charge is 0.472 e. The van der Waals surface area contributed by atoms with E-state index in [2.05, 4.69) is 50.3 Å². The molecule has 0 aromatic heterocycles. The molecule has 0 fully saturated rings. The third-order valence-corrected chi connectivity index (χ3v) is 11.0. The molecule has 0 aromatic carbocycles. The number of carbonyl (C=O) groups is 1. The highest BCUT2D eigenvalue weighted by atomic mass is 31.2. The summed E-state index contributed by atoms with van der Waals surface area (Å²) in [4.78, 5) is 22.5. The van der Waals surface area contributed by atoms with Gasteiger partial charge >= 0.3 is 13.8 Å². The molecule has 0 saturated heterocycles. The summed E-state index contributed by atoms with van der Waals surface area (Å²) in [7, 11) is -4.28. The molecule has 0 heterocycles. The Morgan fingerprint density at radius 1 is 0.536 bits per heavy atom. The Bertz CT molecular complexity index is 957. The molecule has 0 bridgehead atoms. The number of hydrogen-bond acceptors (Lipinski definition) is 7. The Labute approximate surface area is 346 Å². The van der Waals surface area contributed by atoms with Crippen LogP contribution in [0.3, 0.4) is 0 Å². The first-order chi connectivity index (χ1) is 27.4. The first-order valence-corrected chi connectivity index (χ1v) is 25.0. The average molecular weight is 812 g/mol. The molecule has 2 atom stereocenters. The second-order valence-electron chi connectivity index (χ2n) is 15.6. The molecule has 0 aromatic rings. The Morgan fingerprint density at radius 3 is 1.41 bits per heavy atom. The van der Waals surface area contributed by atoms with Crippen LogP contribution in [0.2, 0.25) is 0 Å². The van der Waals surface area contributed by atoms with Gasteiger partial charge in [-0.25, -0.2) is 4.57 Å². The Hall–Kier alpha value is -1.28. The number of allylic oxidation sites excluding steroid dienone is 6. The van der Waals surface area contributed by atoms with Gasteiger partial charge in [0.1, 0.15) is 6.10 Å². The molecule has 0 aliphatic rings. The first kappa shape index (κ1) is 54.7. The highest BCUT2D eigenvalue weighted by molar-refractivity contribution is 7.47. The van der Waals surface area contributed by atoms with Crippen LogP contribution in [-0.4, -0.2) is 49.9 Å². The lowest BCUT2D eigenvalue weighted by molar-refractivity contribution is -0.154. The molecule has 0 spiro atoms. The molecule has 0 radical (unpaired) electrons. The molecule has 3 N–H and O–H groups in total. The van der Waals surface area contributed by atoms with Crippen LogP contribution in [0.15, 0.2) is 36.5 Å². The van der Waals surface area contributed by atoms with Crippen molar-refractivity contribution in [1.29, 1.82) is 0 Å². The lowest BCUT2D eigenvalue weighted by Crippen LogP contribution is -2.28. The fourth-order valence-corrected chi connectivity index (χ4v) is 7.36. The molecule has 56 heavy (non-hydrogen) atoms. The normalized spacial score (nSPS) is 13.7. The highest BCUT2D eigenvalue weighted by Gasteiger charge is 2.25. The van der Waals surface area contributed by atoms with Gasteiger partial charge in [-0.1, -0.05) is 198 Å². The molecule has 0 amide bonds. The number of unbranched alkanes of at least 4 members (excludes halogenated alkanes) is 26. The van der Waals surface area contributed by atoms with E-state index in [0.29, 0.717) is 13.0 Å². The van der Waals surface area contributed by atoms with E-state index in [-0.39, 0.29) is 32.3 Å². The van der Waals surface area contributed by atoms with Crippen molar-refractivity contribution in [2.75, 3.05) is 33.0 Å². The monoisotopic (exact) mass is 812 g/mol. The van der Waals surface area contributed by atoms with Crippen molar-refractivity contribution in [3.63, 3.8) is 0 Å². The van der Waals surface area contributed by atoms with Crippen LogP contribution in [0.5, 0.6) is 0 Å². The van der Waals surface area contributed by atoms with Gasteiger partial charge in [0.2, 0.25) is 0 Å². The standard InChI is InChI=1S/C47H90NO7P/c1-3-5-7-9-11-13-15-17-18-19-20-21-22-23-24-25-26-27-29-31-33-35-37-39-42-52-44-46(45-54-56(50,51)53-43-41-48)55-47(49)40-38-36-34-32-30-28-16-14-12-10-8-6-4-2/h15,17,19-20,22-23,46H,3-14,16,18,21,24-45,48H2,1-2H3,(H,50,51)/b17-15-,20-19-,23-22-. The van der Waals surface area contributed by atoms with E-state index in [4.69, 9.17) is 24.3 Å².